The monoisotopic (exact) mass is 388 g/mol. The van der Waals surface area contributed by atoms with Gasteiger partial charge >= 0.3 is 0 Å². The lowest BCUT2D eigenvalue weighted by atomic mass is 9.91. The molecule has 0 aliphatic heterocycles. The second-order valence-electron chi connectivity index (χ2n) is 7.28. The van der Waals surface area contributed by atoms with Crippen LogP contribution in [0.2, 0.25) is 0 Å². The van der Waals surface area contributed by atoms with Crippen molar-refractivity contribution in [3.63, 3.8) is 0 Å². The molecule has 1 aliphatic rings. The third kappa shape index (κ3) is 6.89. The summed E-state index contributed by atoms with van der Waals surface area (Å²) in [5.74, 6) is 0.863. The molecule has 3 rings (SSSR count). The Morgan fingerprint density at radius 3 is 2.52 bits per heavy atom. The Kier molecular flexibility index (Phi) is 8.14. The van der Waals surface area contributed by atoms with Crippen LogP contribution in [-0.2, 0) is 17.8 Å². The molecular weight excluding hydrogens is 360 g/mol. The fourth-order valence-corrected chi connectivity index (χ4v) is 3.44. The SMILES string of the molecule is Cc1cccc(COc2cccc(CC(=O)NC3CCC(N)CC3)c2)c1.Cl. The normalized spacial score (nSPS) is 19.0. The van der Waals surface area contributed by atoms with E-state index in [1.54, 1.807) is 0 Å². The molecule has 27 heavy (non-hydrogen) atoms. The predicted molar refractivity (Wildman–Crippen MR) is 111 cm³/mol. The highest BCUT2D eigenvalue weighted by molar-refractivity contribution is 5.85. The number of nitrogens with one attached hydrogen (secondary N) is 1. The molecule has 1 amide bonds. The molecule has 0 saturated heterocycles. The van der Waals surface area contributed by atoms with E-state index in [1.807, 2.05) is 30.3 Å². The first-order valence-electron chi connectivity index (χ1n) is 9.41. The van der Waals surface area contributed by atoms with Crippen molar-refractivity contribution in [3.8, 4) is 5.75 Å². The number of amides is 1. The van der Waals surface area contributed by atoms with E-state index in [0.29, 0.717) is 19.1 Å². The van der Waals surface area contributed by atoms with Gasteiger partial charge in [-0.3, -0.25) is 4.79 Å². The Morgan fingerprint density at radius 1 is 1.07 bits per heavy atom. The minimum absolute atomic E-state index is 0. The van der Waals surface area contributed by atoms with Gasteiger partial charge in [-0.05, 0) is 55.9 Å². The molecule has 2 aromatic rings. The molecule has 146 valence electrons. The van der Waals surface area contributed by atoms with Gasteiger partial charge in [0.25, 0.3) is 0 Å². The van der Waals surface area contributed by atoms with E-state index in [2.05, 4.69) is 30.4 Å². The molecule has 1 aliphatic carbocycles. The van der Waals surface area contributed by atoms with Crippen molar-refractivity contribution in [2.24, 2.45) is 5.73 Å². The van der Waals surface area contributed by atoms with Gasteiger partial charge in [-0.15, -0.1) is 12.4 Å². The van der Waals surface area contributed by atoms with Crippen LogP contribution in [0.1, 0.15) is 42.4 Å². The van der Waals surface area contributed by atoms with Crippen LogP contribution in [0.3, 0.4) is 0 Å². The summed E-state index contributed by atoms with van der Waals surface area (Å²) in [7, 11) is 0. The zero-order valence-corrected chi connectivity index (χ0v) is 16.6. The second kappa shape index (κ2) is 10.3. The maximum absolute atomic E-state index is 12.3. The number of carbonyl (C=O) groups excluding carboxylic acids is 1. The lowest BCUT2D eigenvalue weighted by molar-refractivity contribution is -0.121. The van der Waals surface area contributed by atoms with Crippen LogP contribution in [0.15, 0.2) is 48.5 Å². The van der Waals surface area contributed by atoms with Crippen molar-refractivity contribution in [2.75, 3.05) is 0 Å². The first-order chi connectivity index (χ1) is 12.6. The number of carbonyl (C=O) groups is 1. The second-order valence-corrected chi connectivity index (χ2v) is 7.28. The van der Waals surface area contributed by atoms with Gasteiger partial charge in [0.15, 0.2) is 0 Å². The molecule has 0 atom stereocenters. The number of aryl methyl sites for hydroxylation is 1. The van der Waals surface area contributed by atoms with E-state index in [9.17, 15) is 4.79 Å². The first kappa shape index (κ1) is 21.3. The summed E-state index contributed by atoms with van der Waals surface area (Å²) in [6.07, 6.45) is 4.32. The highest BCUT2D eigenvalue weighted by Gasteiger charge is 2.20. The molecule has 1 saturated carbocycles. The maximum Gasteiger partial charge on any atom is 0.224 e. The topological polar surface area (TPSA) is 64.3 Å². The van der Waals surface area contributed by atoms with E-state index in [4.69, 9.17) is 10.5 Å². The largest absolute Gasteiger partial charge is 0.489 e. The molecule has 0 spiro atoms. The van der Waals surface area contributed by atoms with E-state index in [-0.39, 0.29) is 24.4 Å². The quantitative estimate of drug-likeness (QED) is 0.788. The number of benzene rings is 2. The van der Waals surface area contributed by atoms with E-state index >= 15 is 0 Å². The average molecular weight is 389 g/mol. The minimum Gasteiger partial charge on any atom is -0.489 e. The van der Waals surface area contributed by atoms with Gasteiger partial charge in [-0.1, -0.05) is 42.0 Å². The summed E-state index contributed by atoms with van der Waals surface area (Å²) < 4.78 is 5.89. The number of hydrogen-bond donors (Lipinski definition) is 2. The van der Waals surface area contributed by atoms with E-state index in [0.717, 1.165) is 42.6 Å². The Balaban J connectivity index is 0.00000261. The summed E-state index contributed by atoms with van der Waals surface area (Å²) in [4.78, 5) is 12.3. The van der Waals surface area contributed by atoms with Crippen LogP contribution >= 0.6 is 12.4 Å². The van der Waals surface area contributed by atoms with Crippen molar-refractivity contribution in [2.45, 2.75) is 57.7 Å². The zero-order chi connectivity index (χ0) is 18.4. The van der Waals surface area contributed by atoms with Crippen LogP contribution in [0, 0.1) is 6.92 Å². The zero-order valence-electron chi connectivity index (χ0n) is 15.8. The lowest BCUT2D eigenvalue weighted by Crippen LogP contribution is -2.41. The van der Waals surface area contributed by atoms with Gasteiger partial charge in [0.1, 0.15) is 12.4 Å². The van der Waals surface area contributed by atoms with Gasteiger partial charge in [-0.2, -0.15) is 0 Å². The molecule has 0 heterocycles. The van der Waals surface area contributed by atoms with Crippen LogP contribution in [0.4, 0.5) is 0 Å². The lowest BCUT2D eigenvalue weighted by Gasteiger charge is -2.26. The number of rotatable bonds is 6. The molecular formula is C22H29ClN2O2. The minimum atomic E-state index is 0. The highest BCUT2D eigenvalue weighted by Crippen LogP contribution is 2.18. The number of hydrogen-bond acceptors (Lipinski definition) is 3. The van der Waals surface area contributed by atoms with Crippen LogP contribution < -0.4 is 15.8 Å². The molecule has 1 fully saturated rings. The number of ether oxygens (including phenoxy) is 1. The molecule has 0 radical (unpaired) electrons. The summed E-state index contributed by atoms with van der Waals surface area (Å²) in [6, 6.07) is 16.6. The first-order valence-corrected chi connectivity index (χ1v) is 9.41. The Labute approximate surface area is 167 Å². The van der Waals surface area contributed by atoms with Gasteiger partial charge in [0, 0.05) is 12.1 Å². The standard InChI is InChI=1S/C22H28N2O2.ClH/c1-16-4-2-6-18(12-16)15-26-21-7-3-5-17(13-21)14-22(25)24-20-10-8-19(23)9-11-20;/h2-7,12-13,19-20H,8-11,14-15,23H2,1H3,(H,24,25);1H. The van der Waals surface area contributed by atoms with Crippen LogP contribution in [-0.4, -0.2) is 18.0 Å². The Hall–Kier alpha value is -2.04. The molecule has 5 heteroatoms. The summed E-state index contributed by atoms with van der Waals surface area (Å²) in [5.41, 5.74) is 9.25. The Bertz CT molecular complexity index is 743. The fraction of sp³-hybridized carbons (Fsp3) is 0.409. The third-order valence-corrected chi connectivity index (χ3v) is 4.89. The molecule has 0 bridgehead atoms. The Morgan fingerprint density at radius 2 is 1.78 bits per heavy atom. The van der Waals surface area contributed by atoms with Crippen molar-refractivity contribution in [3.05, 3.63) is 65.2 Å². The summed E-state index contributed by atoms with van der Waals surface area (Å²) in [5, 5.41) is 3.14. The van der Waals surface area contributed by atoms with Crippen LogP contribution in [0.5, 0.6) is 5.75 Å². The van der Waals surface area contributed by atoms with Crippen molar-refractivity contribution >= 4 is 18.3 Å². The summed E-state index contributed by atoms with van der Waals surface area (Å²) in [6.45, 7) is 2.60. The molecule has 4 nitrogen and oxygen atoms in total. The van der Waals surface area contributed by atoms with Gasteiger partial charge in [0.2, 0.25) is 5.91 Å². The van der Waals surface area contributed by atoms with E-state index < -0.39 is 0 Å². The average Bonchev–Trinajstić information content (AvgIpc) is 2.62. The molecule has 0 aromatic heterocycles. The van der Waals surface area contributed by atoms with E-state index in [1.165, 1.54) is 5.56 Å². The smallest absolute Gasteiger partial charge is 0.224 e. The highest BCUT2D eigenvalue weighted by atomic mass is 35.5. The van der Waals surface area contributed by atoms with Gasteiger partial charge in [0.05, 0.1) is 6.42 Å². The van der Waals surface area contributed by atoms with Crippen molar-refractivity contribution in [1.29, 1.82) is 0 Å². The molecule has 0 unspecified atom stereocenters. The van der Waals surface area contributed by atoms with Gasteiger partial charge in [-0.25, -0.2) is 0 Å². The van der Waals surface area contributed by atoms with Crippen molar-refractivity contribution in [1.82, 2.24) is 5.32 Å². The molecule has 3 N–H and O–H groups in total. The number of halogens is 1. The van der Waals surface area contributed by atoms with Crippen LogP contribution in [0.25, 0.3) is 0 Å². The third-order valence-electron chi connectivity index (χ3n) is 4.89. The number of nitrogens with two attached hydrogens (primary N) is 1. The maximum atomic E-state index is 12.3. The van der Waals surface area contributed by atoms with Crippen molar-refractivity contribution < 1.29 is 9.53 Å². The fourth-order valence-electron chi connectivity index (χ4n) is 3.44. The van der Waals surface area contributed by atoms with Gasteiger partial charge < -0.3 is 15.8 Å². The molecule has 2 aromatic carbocycles. The summed E-state index contributed by atoms with van der Waals surface area (Å²) >= 11 is 0. The predicted octanol–water partition coefficient (Wildman–Crippen LogP) is 3.92.